The second-order valence-corrected chi connectivity index (χ2v) is 8.33. The predicted octanol–water partition coefficient (Wildman–Crippen LogP) is 2.77. The first kappa shape index (κ1) is 20.3. The van der Waals surface area contributed by atoms with Crippen LogP contribution in [0.5, 0.6) is 0 Å². The maximum Gasteiger partial charge on any atom is 0.299 e. The Balaban J connectivity index is 1.99. The third kappa shape index (κ3) is 6.04. The molecule has 3 atom stereocenters. The van der Waals surface area contributed by atoms with Crippen LogP contribution >= 0.6 is 0 Å². The standard InChI is InChI=1S/C18H28O6S/c1-4-18(3,19)11-5-6-16-17(23-13-12-22-16)24-25(20,21)15-9-7-14(2)8-10-15/h7-10,16-17,19H,4-6,11-13H2,1-3H3. The van der Waals surface area contributed by atoms with Gasteiger partial charge in [0.05, 0.1) is 23.7 Å². The molecule has 1 N–H and O–H groups in total. The van der Waals surface area contributed by atoms with Crippen LogP contribution in [-0.4, -0.2) is 44.7 Å². The van der Waals surface area contributed by atoms with Gasteiger partial charge in [-0.1, -0.05) is 24.6 Å². The SMILES string of the molecule is CCC(C)(O)CCCC1OCCOC1OS(=O)(=O)c1ccc(C)cc1. The monoisotopic (exact) mass is 372 g/mol. The van der Waals surface area contributed by atoms with Crippen LogP contribution in [0.4, 0.5) is 0 Å². The fraction of sp³-hybridized carbons (Fsp3) is 0.667. The number of aryl methyl sites for hydroxylation is 1. The normalized spacial score (nSPS) is 24.0. The van der Waals surface area contributed by atoms with Gasteiger partial charge < -0.3 is 14.6 Å². The van der Waals surface area contributed by atoms with Gasteiger partial charge in [-0.3, -0.25) is 0 Å². The van der Waals surface area contributed by atoms with Gasteiger partial charge in [0.1, 0.15) is 6.10 Å². The van der Waals surface area contributed by atoms with Crippen molar-refractivity contribution in [3.05, 3.63) is 29.8 Å². The van der Waals surface area contributed by atoms with Crippen molar-refractivity contribution in [1.29, 1.82) is 0 Å². The number of rotatable bonds is 8. The van der Waals surface area contributed by atoms with E-state index in [-0.39, 0.29) is 11.5 Å². The summed E-state index contributed by atoms with van der Waals surface area (Å²) in [6.07, 6.45) is 1.09. The number of hydrogen-bond donors (Lipinski definition) is 1. The summed E-state index contributed by atoms with van der Waals surface area (Å²) in [5.41, 5.74) is 0.247. The van der Waals surface area contributed by atoms with Gasteiger partial charge in [0.15, 0.2) is 0 Å². The lowest BCUT2D eigenvalue weighted by Gasteiger charge is -2.31. The fourth-order valence-electron chi connectivity index (χ4n) is 2.61. The summed E-state index contributed by atoms with van der Waals surface area (Å²) in [5, 5.41) is 10.1. The summed E-state index contributed by atoms with van der Waals surface area (Å²) in [6.45, 7) is 6.30. The molecule has 0 spiro atoms. The van der Waals surface area contributed by atoms with E-state index in [9.17, 15) is 13.5 Å². The Labute approximate surface area is 150 Å². The molecule has 1 aliphatic rings. The summed E-state index contributed by atoms with van der Waals surface area (Å²) >= 11 is 0. The average molecular weight is 372 g/mol. The van der Waals surface area contributed by atoms with Crippen LogP contribution in [0.3, 0.4) is 0 Å². The summed E-state index contributed by atoms with van der Waals surface area (Å²) in [7, 11) is -3.92. The number of ether oxygens (including phenoxy) is 2. The lowest BCUT2D eigenvalue weighted by molar-refractivity contribution is -0.213. The summed E-state index contributed by atoms with van der Waals surface area (Å²) < 4.78 is 41.3. The van der Waals surface area contributed by atoms with Gasteiger partial charge in [-0.25, -0.2) is 4.18 Å². The van der Waals surface area contributed by atoms with Crippen LogP contribution in [0, 0.1) is 6.92 Å². The maximum atomic E-state index is 12.4. The molecule has 0 bridgehead atoms. The van der Waals surface area contributed by atoms with Gasteiger partial charge in [-0.15, -0.1) is 0 Å². The van der Waals surface area contributed by atoms with Gasteiger partial charge in [-0.2, -0.15) is 8.42 Å². The molecule has 0 radical (unpaired) electrons. The van der Waals surface area contributed by atoms with Crippen molar-refractivity contribution >= 4 is 10.1 Å². The van der Waals surface area contributed by atoms with E-state index in [0.29, 0.717) is 32.3 Å². The van der Waals surface area contributed by atoms with E-state index in [0.717, 1.165) is 5.56 Å². The van der Waals surface area contributed by atoms with E-state index >= 15 is 0 Å². The Bertz CT molecular complexity index is 638. The number of hydrogen-bond acceptors (Lipinski definition) is 6. The van der Waals surface area contributed by atoms with Crippen molar-refractivity contribution in [2.45, 2.75) is 69.3 Å². The molecule has 0 aromatic heterocycles. The number of benzene rings is 1. The molecule has 7 heteroatoms. The zero-order valence-electron chi connectivity index (χ0n) is 15.1. The third-order valence-electron chi connectivity index (χ3n) is 4.50. The first-order valence-electron chi connectivity index (χ1n) is 8.69. The molecule has 1 aromatic rings. The highest BCUT2D eigenvalue weighted by Gasteiger charge is 2.33. The second-order valence-electron chi connectivity index (χ2n) is 6.75. The smallest absolute Gasteiger partial charge is 0.299 e. The molecule has 0 amide bonds. The highest BCUT2D eigenvalue weighted by atomic mass is 32.2. The van der Waals surface area contributed by atoms with Crippen LogP contribution in [0.25, 0.3) is 0 Å². The summed E-state index contributed by atoms with van der Waals surface area (Å²) in [5.74, 6) is 0. The second kappa shape index (κ2) is 8.60. The largest absolute Gasteiger partial charge is 0.390 e. The van der Waals surface area contributed by atoms with Crippen molar-refractivity contribution < 1.29 is 27.2 Å². The Morgan fingerprint density at radius 3 is 2.52 bits per heavy atom. The van der Waals surface area contributed by atoms with E-state index in [1.807, 2.05) is 13.8 Å². The highest BCUT2D eigenvalue weighted by molar-refractivity contribution is 7.86. The Hall–Kier alpha value is -0.990. The molecule has 0 aliphatic carbocycles. The molecule has 1 saturated heterocycles. The van der Waals surface area contributed by atoms with Crippen LogP contribution in [0.2, 0.25) is 0 Å². The topological polar surface area (TPSA) is 82.1 Å². The Kier molecular flexibility index (Phi) is 6.99. The molecule has 2 rings (SSSR count). The molecule has 6 nitrogen and oxygen atoms in total. The molecule has 1 heterocycles. The van der Waals surface area contributed by atoms with Gasteiger partial charge in [0.25, 0.3) is 10.1 Å². The maximum absolute atomic E-state index is 12.4. The predicted molar refractivity (Wildman–Crippen MR) is 93.7 cm³/mol. The van der Waals surface area contributed by atoms with Crippen molar-refractivity contribution in [3.63, 3.8) is 0 Å². The lowest BCUT2D eigenvalue weighted by Crippen LogP contribution is -2.41. The first-order chi connectivity index (χ1) is 11.7. The van der Waals surface area contributed by atoms with E-state index in [4.69, 9.17) is 13.7 Å². The van der Waals surface area contributed by atoms with E-state index in [1.54, 1.807) is 19.1 Å². The minimum absolute atomic E-state index is 0.0972. The zero-order valence-corrected chi connectivity index (χ0v) is 15.9. The van der Waals surface area contributed by atoms with E-state index in [2.05, 4.69) is 0 Å². The van der Waals surface area contributed by atoms with Crippen molar-refractivity contribution in [2.24, 2.45) is 0 Å². The molecule has 3 unspecified atom stereocenters. The van der Waals surface area contributed by atoms with E-state index in [1.165, 1.54) is 12.1 Å². The quantitative estimate of drug-likeness (QED) is 0.707. The summed E-state index contributed by atoms with van der Waals surface area (Å²) in [4.78, 5) is 0.0972. The van der Waals surface area contributed by atoms with E-state index < -0.39 is 28.1 Å². The van der Waals surface area contributed by atoms with Crippen molar-refractivity contribution in [1.82, 2.24) is 0 Å². The van der Waals surface area contributed by atoms with Gasteiger partial charge in [0, 0.05) is 0 Å². The minimum Gasteiger partial charge on any atom is -0.390 e. The molecular weight excluding hydrogens is 344 g/mol. The van der Waals surface area contributed by atoms with Crippen molar-refractivity contribution in [2.75, 3.05) is 13.2 Å². The Morgan fingerprint density at radius 2 is 1.88 bits per heavy atom. The molecule has 1 aliphatic heterocycles. The van der Waals surface area contributed by atoms with Gasteiger partial charge in [0.2, 0.25) is 6.29 Å². The first-order valence-corrected chi connectivity index (χ1v) is 10.1. The lowest BCUT2D eigenvalue weighted by atomic mass is 9.95. The van der Waals surface area contributed by atoms with Gasteiger partial charge >= 0.3 is 0 Å². The van der Waals surface area contributed by atoms with Crippen LogP contribution in [0.15, 0.2) is 29.2 Å². The van der Waals surface area contributed by atoms with Crippen molar-refractivity contribution in [3.8, 4) is 0 Å². The molecular formula is C18H28O6S. The molecule has 25 heavy (non-hydrogen) atoms. The zero-order chi connectivity index (χ0) is 18.5. The molecule has 0 saturated carbocycles. The molecule has 1 aromatic carbocycles. The van der Waals surface area contributed by atoms with Crippen LogP contribution in [0.1, 0.15) is 45.1 Å². The fourth-order valence-corrected chi connectivity index (χ4v) is 3.61. The Morgan fingerprint density at radius 1 is 1.24 bits per heavy atom. The minimum atomic E-state index is -3.92. The molecule has 1 fully saturated rings. The molecule has 142 valence electrons. The number of aliphatic hydroxyl groups is 1. The van der Waals surface area contributed by atoms with Crippen LogP contribution in [-0.2, 0) is 23.8 Å². The average Bonchev–Trinajstić information content (AvgIpc) is 2.56. The van der Waals surface area contributed by atoms with Crippen LogP contribution < -0.4 is 0 Å². The summed E-state index contributed by atoms with van der Waals surface area (Å²) in [6, 6.07) is 6.47. The highest BCUT2D eigenvalue weighted by Crippen LogP contribution is 2.25. The van der Waals surface area contributed by atoms with Gasteiger partial charge in [-0.05, 0) is 51.7 Å². The third-order valence-corrected chi connectivity index (χ3v) is 5.79.